The van der Waals surface area contributed by atoms with E-state index in [-0.39, 0.29) is 12.0 Å². The van der Waals surface area contributed by atoms with Crippen LogP contribution >= 0.6 is 0 Å². The Morgan fingerprint density at radius 2 is 2.22 bits per heavy atom. The van der Waals surface area contributed by atoms with Crippen LogP contribution in [-0.4, -0.2) is 41.8 Å². The summed E-state index contributed by atoms with van der Waals surface area (Å²) in [7, 11) is 0. The monoisotopic (exact) mass is 258 g/mol. The van der Waals surface area contributed by atoms with Gasteiger partial charge in [-0.05, 0) is 19.3 Å². The molecule has 1 fully saturated rings. The molecule has 6 nitrogen and oxygen atoms in total. The van der Waals surface area contributed by atoms with Crippen LogP contribution in [-0.2, 0) is 14.3 Å². The first-order valence-corrected chi connectivity index (χ1v) is 6.47. The van der Waals surface area contributed by atoms with Gasteiger partial charge < -0.3 is 20.9 Å². The topological polar surface area (TPSA) is 102 Å². The van der Waals surface area contributed by atoms with Crippen molar-refractivity contribution in [1.82, 2.24) is 5.32 Å². The maximum Gasteiger partial charge on any atom is 0.326 e. The summed E-state index contributed by atoms with van der Waals surface area (Å²) < 4.78 is 5.43. The van der Waals surface area contributed by atoms with Gasteiger partial charge in [-0.1, -0.05) is 19.8 Å². The van der Waals surface area contributed by atoms with Crippen LogP contribution in [0.25, 0.3) is 0 Å². The largest absolute Gasteiger partial charge is 0.480 e. The molecule has 18 heavy (non-hydrogen) atoms. The number of unbranched alkanes of at least 4 members (excludes halogenated alkanes) is 1. The number of carbonyl (C=O) groups is 2. The number of carboxylic acids is 1. The third kappa shape index (κ3) is 4.27. The molecular formula is C12H22N2O4. The van der Waals surface area contributed by atoms with E-state index in [0.29, 0.717) is 19.4 Å². The second kappa shape index (κ2) is 7.33. The lowest BCUT2D eigenvalue weighted by atomic mass is 10.1. The van der Waals surface area contributed by atoms with E-state index in [4.69, 9.17) is 15.6 Å². The summed E-state index contributed by atoms with van der Waals surface area (Å²) in [6, 6.07) is -0.821. The molecule has 1 rings (SSSR count). The van der Waals surface area contributed by atoms with Crippen molar-refractivity contribution in [2.24, 2.45) is 5.73 Å². The normalized spacial score (nSPS) is 24.8. The van der Waals surface area contributed by atoms with Crippen LogP contribution < -0.4 is 11.1 Å². The zero-order chi connectivity index (χ0) is 13.5. The molecule has 3 unspecified atom stereocenters. The van der Waals surface area contributed by atoms with Crippen LogP contribution in [0, 0.1) is 0 Å². The summed E-state index contributed by atoms with van der Waals surface area (Å²) in [4.78, 5) is 22.8. The summed E-state index contributed by atoms with van der Waals surface area (Å²) >= 11 is 0. The summed E-state index contributed by atoms with van der Waals surface area (Å²) in [5.41, 5.74) is 5.46. The van der Waals surface area contributed by atoms with E-state index >= 15 is 0 Å². The number of ether oxygens (including phenoxy) is 1. The maximum absolute atomic E-state index is 11.8. The standard InChI is InChI=1S/C12H22N2O4/c1-2-3-4-9(12(16)17)14-11(15)10-6-5-8(7-13)18-10/h8-10H,2-7,13H2,1H3,(H,14,15)(H,16,17). The first-order chi connectivity index (χ1) is 8.58. The van der Waals surface area contributed by atoms with Crippen molar-refractivity contribution in [2.45, 2.75) is 57.3 Å². The predicted molar refractivity (Wildman–Crippen MR) is 66.0 cm³/mol. The van der Waals surface area contributed by atoms with Crippen molar-refractivity contribution < 1.29 is 19.4 Å². The quantitative estimate of drug-likeness (QED) is 0.607. The molecule has 0 saturated carbocycles. The third-order valence-corrected chi connectivity index (χ3v) is 3.12. The molecule has 0 aliphatic carbocycles. The minimum atomic E-state index is -0.995. The Hall–Kier alpha value is -1.14. The molecule has 0 aromatic heterocycles. The minimum Gasteiger partial charge on any atom is -0.480 e. The van der Waals surface area contributed by atoms with Gasteiger partial charge in [0.25, 0.3) is 0 Å². The number of hydrogen-bond acceptors (Lipinski definition) is 4. The van der Waals surface area contributed by atoms with Crippen molar-refractivity contribution in [1.29, 1.82) is 0 Å². The van der Waals surface area contributed by atoms with Gasteiger partial charge in [0.05, 0.1) is 6.10 Å². The average molecular weight is 258 g/mol. The van der Waals surface area contributed by atoms with Crippen LogP contribution in [0.15, 0.2) is 0 Å². The van der Waals surface area contributed by atoms with Gasteiger partial charge >= 0.3 is 5.97 Å². The number of rotatable bonds is 7. The summed E-state index contributed by atoms with van der Waals surface area (Å²) in [5.74, 6) is -1.33. The number of carbonyl (C=O) groups excluding carboxylic acids is 1. The van der Waals surface area contributed by atoms with Crippen molar-refractivity contribution in [3.05, 3.63) is 0 Å². The van der Waals surface area contributed by atoms with Crippen LogP contribution in [0.1, 0.15) is 39.0 Å². The summed E-state index contributed by atoms with van der Waals surface area (Å²) in [6.45, 7) is 2.37. The van der Waals surface area contributed by atoms with Crippen LogP contribution in [0.3, 0.4) is 0 Å². The maximum atomic E-state index is 11.8. The lowest BCUT2D eigenvalue weighted by molar-refractivity contribution is -0.144. The third-order valence-electron chi connectivity index (χ3n) is 3.12. The van der Waals surface area contributed by atoms with Gasteiger partial charge in [0.2, 0.25) is 5.91 Å². The highest BCUT2D eigenvalue weighted by atomic mass is 16.5. The molecule has 1 heterocycles. The fourth-order valence-electron chi connectivity index (χ4n) is 2.00. The van der Waals surface area contributed by atoms with Gasteiger partial charge in [0.15, 0.2) is 0 Å². The average Bonchev–Trinajstić information content (AvgIpc) is 2.82. The molecule has 1 amide bonds. The molecule has 0 aromatic carbocycles. The predicted octanol–water partition coefficient (Wildman–Crippen LogP) is 0.252. The van der Waals surface area contributed by atoms with Crippen molar-refractivity contribution in [2.75, 3.05) is 6.54 Å². The first-order valence-electron chi connectivity index (χ1n) is 6.47. The van der Waals surface area contributed by atoms with E-state index in [1.807, 2.05) is 6.92 Å². The van der Waals surface area contributed by atoms with Gasteiger partial charge in [0.1, 0.15) is 12.1 Å². The molecule has 0 radical (unpaired) electrons. The van der Waals surface area contributed by atoms with E-state index in [1.54, 1.807) is 0 Å². The molecule has 104 valence electrons. The summed E-state index contributed by atoms with van der Waals surface area (Å²) in [6.07, 6.45) is 2.84. The summed E-state index contributed by atoms with van der Waals surface area (Å²) in [5, 5.41) is 11.5. The van der Waals surface area contributed by atoms with Gasteiger partial charge in [-0.2, -0.15) is 0 Å². The Morgan fingerprint density at radius 1 is 1.50 bits per heavy atom. The van der Waals surface area contributed by atoms with E-state index in [1.165, 1.54) is 0 Å². The van der Waals surface area contributed by atoms with Gasteiger partial charge in [-0.15, -0.1) is 0 Å². The molecule has 1 aliphatic rings. The highest BCUT2D eigenvalue weighted by molar-refractivity contribution is 5.86. The molecule has 1 aliphatic heterocycles. The van der Waals surface area contributed by atoms with E-state index in [0.717, 1.165) is 19.3 Å². The van der Waals surface area contributed by atoms with Gasteiger partial charge in [-0.25, -0.2) is 4.79 Å². The second-order valence-electron chi connectivity index (χ2n) is 4.60. The number of nitrogens with one attached hydrogen (secondary N) is 1. The zero-order valence-corrected chi connectivity index (χ0v) is 10.7. The molecule has 4 N–H and O–H groups in total. The molecule has 3 atom stereocenters. The Labute approximate surface area is 107 Å². The first kappa shape index (κ1) is 14.9. The van der Waals surface area contributed by atoms with Crippen LogP contribution in [0.4, 0.5) is 0 Å². The fraction of sp³-hybridized carbons (Fsp3) is 0.833. The van der Waals surface area contributed by atoms with Crippen LogP contribution in [0.2, 0.25) is 0 Å². The van der Waals surface area contributed by atoms with Crippen molar-refractivity contribution in [3.8, 4) is 0 Å². The molecular weight excluding hydrogens is 236 g/mol. The van der Waals surface area contributed by atoms with Gasteiger partial charge in [-0.3, -0.25) is 4.79 Å². The van der Waals surface area contributed by atoms with Crippen molar-refractivity contribution >= 4 is 11.9 Å². The Balaban J connectivity index is 2.43. The lowest BCUT2D eigenvalue weighted by Gasteiger charge is -2.17. The lowest BCUT2D eigenvalue weighted by Crippen LogP contribution is -2.45. The minimum absolute atomic E-state index is 0.0836. The van der Waals surface area contributed by atoms with Crippen molar-refractivity contribution in [3.63, 3.8) is 0 Å². The van der Waals surface area contributed by atoms with E-state index < -0.39 is 18.1 Å². The van der Waals surface area contributed by atoms with Crippen LogP contribution in [0.5, 0.6) is 0 Å². The Morgan fingerprint density at radius 3 is 2.72 bits per heavy atom. The SMILES string of the molecule is CCCCC(NC(=O)C1CCC(CN)O1)C(=O)O. The van der Waals surface area contributed by atoms with E-state index in [9.17, 15) is 9.59 Å². The second-order valence-corrected chi connectivity index (χ2v) is 4.60. The number of amides is 1. The van der Waals surface area contributed by atoms with Gasteiger partial charge in [0, 0.05) is 6.54 Å². The molecule has 0 bridgehead atoms. The highest BCUT2D eigenvalue weighted by Crippen LogP contribution is 2.19. The molecule has 6 heteroatoms. The molecule has 0 spiro atoms. The number of hydrogen-bond donors (Lipinski definition) is 3. The smallest absolute Gasteiger partial charge is 0.326 e. The molecule has 1 saturated heterocycles. The zero-order valence-electron chi connectivity index (χ0n) is 10.7. The molecule has 0 aromatic rings. The number of aliphatic carboxylic acids is 1. The van der Waals surface area contributed by atoms with E-state index in [2.05, 4.69) is 5.32 Å². The number of carboxylic acid groups (broad SMARTS) is 1. The Kier molecular flexibility index (Phi) is 6.07. The highest BCUT2D eigenvalue weighted by Gasteiger charge is 2.32. The number of nitrogens with two attached hydrogens (primary N) is 1. The Bertz CT molecular complexity index is 296. The fourth-order valence-corrected chi connectivity index (χ4v) is 2.00.